The van der Waals surface area contributed by atoms with E-state index in [1.165, 1.54) is 19.9 Å². The molecular weight excluding hydrogens is 398 g/mol. The number of ether oxygens (including phenoxy) is 1. The van der Waals surface area contributed by atoms with Gasteiger partial charge in [0.2, 0.25) is 11.8 Å². The minimum atomic E-state index is -1.14. The van der Waals surface area contributed by atoms with Crippen molar-refractivity contribution in [3.63, 3.8) is 0 Å². The Bertz CT molecular complexity index is 824. The summed E-state index contributed by atoms with van der Waals surface area (Å²) in [6.45, 7) is 2.71. The van der Waals surface area contributed by atoms with E-state index in [0.717, 1.165) is 16.7 Å². The molecule has 29 heavy (non-hydrogen) atoms. The predicted molar refractivity (Wildman–Crippen MR) is 106 cm³/mol. The topological polar surface area (TPSA) is 122 Å². The first kappa shape index (κ1) is 22.2. The van der Waals surface area contributed by atoms with Gasteiger partial charge in [0.15, 0.2) is 6.10 Å². The summed E-state index contributed by atoms with van der Waals surface area (Å²) >= 11 is 0.910. The van der Waals surface area contributed by atoms with Gasteiger partial charge in [0.25, 0.3) is 11.1 Å². The molecule has 1 saturated heterocycles. The Morgan fingerprint density at radius 2 is 1.93 bits per heavy atom. The summed E-state index contributed by atoms with van der Waals surface area (Å²) in [4.78, 5) is 60.0. The fraction of sp³-hybridized carbons (Fsp3) is 0.316. The molecular formula is C19H21N3O6S. The highest BCUT2D eigenvalue weighted by atomic mass is 32.2. The summed E-state index contributed by atoms with van der Waals surface area (Å²) < 4.78 is 5.13. The predicted octanol–water partition coefficient (Wildman–Crippen LogP) is 0.907. The van der Waals surface area contributed by atoms with Crippen molar-refractivity contribution in [2.24, 2.45) is 0 Å². The van der Waals surface area contributed by atoms with Gasteiger partial charge in [-0.2, -0.15) is 0 Å². The highest BCUT2D eigenvalue weighted by molar-refractivity contribution is 8.14. The molecule has 1 aliphatic heterocycles. The fourth-order valence-corrected chi connectivity index (χ4v) is 3.11. The van der Waals surface area contributed by atoms with E-state index < -0.39 is 23.9 Å². The van der Waals surface area contributed by atoms with Crippen LogP contribution in [0.1, 0.15) is 19.4 Å². The Morgan fingerprint density at radius 1 is 1.24 bits per heavy atom. The van der Waals surface area contributed by atoms with Crippen molar-refractivity contribution in [2.75, 3.05) is 18.8 Å². The van der Waals surface area contributed by atoms with Gasteiger partial charge in [0.1, 0.15) is 5.70 Å². The van der Waals surface area contributed by atoms with Crippen molar-refractivity contribution in [2.45, 2.75) is 20.0 Å². The minimum absolute atomic E-state index is 0.0389. The molecule has 0 spiro atoms. The fourth-order valence-electron chi connectivity index (χ4n) is 2.36. The third-order valence-electron chi connectivity index (χ3n) is 3.77. The quantitative estimate of drug-likeness (QED) is 0.474. The van der Waals surface area contributed by atoms with E-state index in [2.05, 4.69) is 10.6 Å². The van der Waals surface area contributed by atoms with Crippen molar-refractivity contribution in [3.05, 3.63) is 41.6 Å². The first-order valence-electron chi connectivity index (χ1n) is 8.78. The van der Waals surface area contributed by atoms with Crippen LogP contribution in [0.25, 0.3) is 6.08 Å². The molecule has 9 nitrogen and oxygen atoms in total. The minimum Gasteiger partial charge on any atom is -0.448 e. The van der Waals surface area contributed by atoms with Gasteiger partial charge in [-0.15, -0.1) is 0 Å². The Labute approximate surface area is 171 Å². The van der Waals surface area contributed by atoms with Crippen LogP contribution in [-0.2, 0) is 23.9 Å². The summed E-state index contributed by atoms with van der Waals surface area (Å²) in [5.74, 6) is -2.13. The molecule has 0 saturated carbocycles. The second-order valence-corrected chi connectivity index (χ2v) is 7.01. The van der Waals surface area contributed by atoms with Crippen molar-refractivity contribution in [1.82, 2.24) is 15.5 Å². The number of nitrogens with one attached hydrogen (secondary N) is 2. The van der Waals surface area contributed by atoms with E-state index in [1.54, 1.807) is 24.3 Å². The number of hydrogen-bond donors (Lipinski definition) is 2. The van der Waals surface area contributed by atoms with Gasteiger partial charge in [-0.05, 0) is 18.6 Å². The molecule has 154 valence electrons. The van der Waals surface area contributed by atoms with E-state index in [0.29, 0.717) is 5.56 Å². The molecule has 0 unspecified atom stereocenters. The largest absolute Gasteiger partial charge is 0.448 e. The molecule has 0 radical (unpaired) electrons. The third-order valence-corrected chi connectivity index (χ3v) is 4.63. The third kappa shape index (κ3) is 6.75. The molecule has 4 amide bonds. The Hall–Kier alpha value is -3.14. The van der Waals surface area contributed by atoms with Crippen LogP contribution in [0.3, 0.4) is 0 Å². The number of hydrogen-bond acceptors (Lipinski definition) is 7. The van der Waals surface area contributed by atoms with Crippen LogP contribution in [0.15, 0.2) is 36.0 Å². The smallest absolute Gasteiger partial charge is 0.355 e. The lowest BCUT2D eigenvalue weighted by atomic mass is 10.2. The lowest BCUT2D eigenvalue weighted by Crippen LogP contribution is -2.42. The second-order valence-electron chi connectivity index (χ2n) is 6.09. The van der Waals surface area contributed by atoms with Crippen LogP contribution >= 0.6 is 11.8 Å². The van der Waals surface area contributed by atoms with Gasteiger partial charge < -0.3 is 15.4 Å². The van der Waals surface area contributed by atoms with Crippen LogP contribution in [0.5, 0.6) is 0 Å². The maximum Gasteiger partial charge on any atom is 0.355 e. The van der Waals surface area contributed by atoms with Gasteiger partial charge in [0, 0.05) is 20.0 Å². The van der Waals surface area contributed by atoms with Crippen LogP contribution < -0.4 is 10.6 Å². The average Bonchev–Trinajstić information content (AvgIpc) is 2.99. The van der Waals surface area contributed by atoms with Gasteiger partial charge in [-0.1, -0.05) is 42.1 Å². The summed E-state index contributed by atoms with van der Waals surface area (Å²) in [7, 11) is 0. The highest BCUT2D eigenvalue weighted by Crippen LogP contribution is 2.17. The first-order chi connectivity index (χ1) is 13.8. The number of carbonyl (C=O) groups excluding carboxylic acids is 5. The lowest BCUT2D eigenvalue weighted by Gasteiger charge is -2.17. The maximum atomic E-state index is 12.4. The molecule has 2 N–H and O–H groups in total. The first-order valence-corrected chi connectivity index (χ1v) is 9.76. The summed E-state index contributed by atoms with van der Waals surface area (Å²) in [6, 6.07) is 8.83. The zero-order valence-electron chi connectivity index (χ0n) is 16.0. The zero-order valence-corrected chi connectivity index (χ0v) is 16.8. The van der Waals surface area contributed by atoms with Crippen molar-refractivity contribution in [3.8, 4) is 0 Å². The summed E-state index contributed by atoms with van der Waals surface area (Å²) in [5.41, 5.74) is 0.566. The van der Waals surface area contributed by atoms with Gasteiger partial charge in [0.05, 0.1) is 5.75 Å². The molecule has 10 heteroatoms. The van der Waals surface area contributed by atoms with Gasteiger partial charge in [-0.3, -0.25) is 24.1 Å². The normalized spacial score (nSPS) is 15.1. The van der Waals surface area contributed by atoms with Crippen molar-refractivity contribution >= 4 is 46.8 Å². The second kappa shape index (κ2) is 10.4. The number of rotatable bonds is 8. The van der Waals surface area contributed by atoms with E-state index >= 15 is 0 Å². The van der Waals surface area contributed by atoms with Crippen molar-refractivity contribution in [1.29, 1.82) is 0 Å². The Kier molecular flexibility index (Phi) is 7.96. The maximum absolute atomic E-state index is 12.4. The summed E-state index contributed by atoms with van der Waals surface area (Å²) in [6.07, 6.45) is 0.297. The highest BCUT2D eigenvalue weighted by Gasteiger charge is 2.29. The monoisotopic (exact) mass is 419 g/mol. The van der Waals surface area contributed by atoms with Gasteiger partial charge in [-0.25, -0.2) is 4.79 Å². The molecule has 1 heterocycles. The van der Waals surface area contributed by atoms with E-state index in [9.17, 15) is 24.0 Å². The Morgan fingerprint density at radius 3 is 2.52 bits per heavy atom. The number of imide groups is 1. The molecule has 1 aromatic rings. The van der Waals surface area contributed by atoms with Crippen LogP contribution in [0.4, 0.5) is 4.79 Å². The molecule has 1 aromatic carbocycles. The SMILES string of the molecule is CC(=O)N/C(=C\c1ccccc1)C(=O)O[C@H](C)C(=O)NCCN1C(=O)CSC1=O. The number of benzene rings is 1. The van der Waals surface area contributed by atoms with E-state index in [-0.39, 0.29) is 35.7 Å². The van der Waals surface area contributed by atoms with Crippen molar-refractivity contribution < 1.29 is 28.7 Å². The van der Waals surface area contributed by atoms with Crippen LogP contribution in [-0.4, -0.2) is 58.8 Å². The standard InChI is InChI=1S/C19H21N3O6S/c1-12(17(25)20-8-9-22-16(24)11-29-19(22)27)28-18(26)15(21-13(2)23)10-14-6-4-3-5-7-14/h3-7,10,12H,8-9,11H2,1-2H3,(H,20,25)(H,21,23)/b15-10-/t12-/m1/s1. The number of thioether (sulfide) groups is 1. The number of carbonyl (C=O) groups is 5. The van der Waals surface area contributed by atoms with E-state index in [1.807, 2.05) is 6.07 Å². The molecule has 1 atom stereocenters. The number of nitrogens with zero attached hydrogens (tertiary/aromatic N) is 1. The molecule has 1 aliphatic rings. The van der Waals surface area contributed by atoms with E-state index in [4.69, 9.17) is 4.74 Å². The lowest BCUT2D eigenvalue weighted by molar-refractivity contribution is -0.151. The summed E-state index contributed by atoms with van der Waals surface area (Å²) in [5, 5.41) is 4.55. The number of esters is 1. The zero-order chi connectivity index (χ0) is 21.4. The molecule has 1 fully saturated rings. The van der Waals surface area contributed by atoms with Crippen LogP contribution in [0, 0.1) is 0 Å². The van der Waals surface area contributed by atoms with Crippen LogP contribution in [0.2, 0.25) is 0 Å². The molecule has 0 bridgehead atoms. The van der Waals surface area contributed by atoms with Gasteiger partial charge >= 0.3 is 5.97 Å². The average molecular weight is 419 g/mol. The number of amides is 4. The Balaban J connectivity index is 1.91. The molecule has 2 rings (SSSR count). The molecule has 0 aliphatic carbocycles. The molecule has 0 aromatic heterocycles.